The lowest BCUT2D eigenvalue weighted by Gasteiger charge is -1.99. The van der Waals surface area contributed by atoms with E-state index in [1.165, 1.54) is 0 Å². The van der Waals surface area contributed by atoms with Crippen molar-refractivity contribution in [1.29, 1.82) is 0 Å². The Hall–Kier alpha value is -1.19. The average molecular weight is 156 g/mol. The van der Waals surface area contributed by atoms with E-state index in [0.717, 1.165) is 18.5 Å². The highest BCUT2D eigenvalue weighted by molar-refractivity contribution is 5.87. The minimum Gasteiger partial charge on any atom is -0.477 e. The van der Waals surface area contributed by atoms with Crippen LogP contribution in [0.1, 0.15) is 19.8 Å². The van der Waals surface area contributed by atoms with Gasteiger partial charge in [0.1, 0.15) is 5.70 Å². The van der Waals surface area contributed by atoms with Crippen LogP contribution in [0.4, 0.5) is 0 Å². The molecule has 0 fully saturated rings. The zero-order valence-electron chi connectivity index (χ0n) is 6.48. The Labute approximate surface area is 65.3 Å². The maximum absolute atomic E-state index is 10.5. The summed E-state index contributed by atoms with van der Waals surface area (Å²) in [6.07, 6.45) is 1.76. The van der Waals surface area contributed by atoms with Gasteiger partial charge in [-0.2, -0.15) is 0 Å². The number of hydrogen-bond donors (Lipinski definition) is 3. The van der Waals surface area contributed by atoms with E-state index in [4.69, 9.17) is 5.11 Å². The number of carbonyl (C=O) groups is 1. The Morgan fingerprint density at radius 3 is 2.91 bits per heavy atom. The summed E-state index contributed by atoms with van der Waals surface area (Å²) in [6.45, 7) is 2.56. The van der Waals surface area contributed by atoms with Gasteiger partial charge < -0.3 is 15.7 Å². The van der Waals surface area contributed by atoms with E-state index < -0.39 is 5.97 Å². The van der Waals surface area contributed by atoms with Gasteiger partial charge in [0.15, 0.2) is 0 Å². The lowest BCUT2D eigenvalue weighted by molar-refractivity contribution is -0.133. The molecule has 0 aliphatic carbocycles. The summed E-state index contributed by atoms with van der Waals surface area (Å²) in [5, 5.41) is 14.4. The van der Waals surface area contributed by atoms with Crippen LogP contribution in [-0.4, -0.2) is 17.7 Å². The highest BCUT2D eigenvalue weighted by atomic mass is 16.4. The van der Waals surface area contributed by atoms with Gasteiger partial charge in [-0.1, -0.05) is 13.3 Å². The van der Waals surface area contributed by atoms with E-state index in [1.807, 2.05) is 6.92 Å². The summed E-state index contributed by atoms with van der Waals surface area (Å²) in [4.78, 5) is 10.5. The number of aliphatic carboxylic acids is 1. The molecular formula is C7H12N2O2. The predicted molar refractivity (Wildman–Crippen MR) is 40.7 cm³/mol. The number of rotatable bonds is 3. The summed E-state index contributed by atoms with van der Waals surface area (Å²) in [7, 11) is 0. The number of nitrogens with one attached hydrogen (secondary N) is 2. The van der Waals surface area contributed by atoms with Crippen molar-refractivity contribution in [3.8, 4) is 0 Å². The van der Waals surface area contributed by atoms with Crippen LogP contribution in [0.15, 0.2) is 11.4 Å². The minimum absolute atomic E-state index is 0.326. The standard InChI is InChI=1S/C7H12N2O2/c1-2-3-5-6(7(10)11)9-4-8-5/h8-9H,2-4H2,1H3,(H,10,11). The molecule has 4 heteroatoms. The fraction of sp³-hybridized carbons (Fsp3) is 0.571. The van der Waals surface area contributed by atoms with Gasteiger partial charge in [0, 0.05) is 5.70 Å². The Balaban J connectivity index is 2.69. The normalized spacial score (nSPS) is 16.1. The fourth-order valence-electron chi connectivity index (χ4n) is 1.10. The first-order chi connectivity index (χ1) is 5.25. The summed E-state index contributed by atoms with van der Waals surface area (Å²) < 4.78 is 0. The molecule has 62 valence electrons. The molecule has 0 spiro atoms. The van der Waals surface area contributed by atoms with Crippen molar-refractivity contribution >= 4 is 5.97 Å². The molecule has 0 amide bonds. The zero-order valence-corrected chi connectivity index (χ0v) is 6.48. The van der Waals surface area contributed by atoms with E-state index in [2.05, 4.69) is 10.6 Å². The van der Waals surface area contributed by atoms with E-state index in [0.29, 0.717) is 12.4 Å². The summed E-state index contributed by atoms with van der Waals surface area (Å²) in [5.74, 6) is -0.876. The average Bonchev–Trinajstić information content (AvgIpc) is 2.36. The lowest BCUT2D eigenvalue weighted by Crippen LogP contribution is -2.18. The molecule has 0 aromatic heterocycles. The van der Waals surface area contributed by atoms with Gasteiger partial charge in [0.2, 0.25) is 0 Å². The van der Waals surface area contributed by atoms with Gasteiger partial charge in [-0.25, -0.2) is 4.79 Å². The third kappa shape index (κ3) is 1.63. The highest BCUT2D eigenvalue weighted by Crippen LogP contribution is 2.09. The fourth-order valence-corrected chi connectivity index (χ4v) is 1.10. The largest absolute Gasteiger partial charge is 0.477 e. The third-order valence-electron chi connectivity index (χ3n) is 1.58. The van der Waals surface area contributed by atoms with Crippen molar-refractivity contribution in [1.82, 2.24) is 10.6 Å². The van der Waals surface area contributed by atoms with Gasteiger partial charge in [0.05, 0.1) is 6.67 Å². The second kappa shape index (κ2) is 3.27. The Morgan fingerprint density at radius 1 is 1.64 bits per heavy atom. The quantitative estimate of drug-likeness (QED) is 0.547. The van der Waals surface area contributed by atoms with Crippen LogP contribution in [0.5, 0.6) is 0 Å². The summed E-state index contributed by atoms with van der Waals surface area (Å²) >= 11 is 0. The van der Waals surface area contributed by atoms with Crippen molar-refractivity contribution in [2.24, 2.45) is 0 Å². The molecule has 1 aliphatic heterocycles. The molecule has 3 N–H and O–H groups in total. The van der Waals surface area contributed by atoms with Gasteiger partial charge in [-0.3, -0.25) is 0 Å². The SMILES string of the molecule is CCCC1=C(C(=O)O)NCN1. The maximum Gasteiger partial charge on any atom is 0.353 e. The van der Waals surface area contributed by atoms with Gasteiger partial charge in [-0.15, -0.1) is 0 Å². The van der Waals surface area contributed by atoms with Gasteiger partial charge in [-0.05, 0) is 6.42 Å². The molecule has 4 nitrogen and oxygen atoms in total. The van der Waals surface area contributed by atoms with Gasteiger partial charge >= 0.3 is 5.97 Å². The first-order valence-electron chi connectivity index (χ1n) is 3.70. The van der Waals surface area contributed by atoms with Crippen LogP contribution in [-0.2, 0) is 4.79 Å². The van der Waals surface area contributed by atoms with E-state index >= 15 is 0 Å². The monoisotopic (exact) mass is 156 g/mol. The van der Waals surface area contributed by atoms with Crippen LogP contribution in [0.3, 0.4) is 0 Å². The lowest BCUT2D eigenvalue weighted by atomic mass is 10.2. The minimum atomic E-state index is -0.876. The van der Waals surface area contributed by atoms with E-state index in [1.54, 1.807) is 0 Å². The molecule has 0 bridgehead atoms. The molecule has 0 atom stereocenters. The molecule has 1 heterocycles. The topological polar surface area (TPSA) is 61.4 Å². The molecule has 1 aliphatic rings. The first kappa shape index (κ1) is 7.91. The number of hydrogen-bond acceptors (Lipinski definition) is 3. The molecule has 0 saturated heterocycles. The zero-order chi connectivity index (χ0) is 8.27. The third-order valence-corrected chi connectivity index (χ3v) is 1.58. The molecule has 0 aromatic rings. The first-order valence-corrected chi connectivity index (χ1v) is 3.70. The van der Waals surface area contributed by atoms with Crippen LogP contribution >= 0.6 is 0 Å². The van der Waals surface area contributed by atoms with Gasteiger partial charge in [0.25, 0.3) is 0 Å². The molecule has 0 unspecified atom stereocenters. The molecule has 0 radical (unpaired) electrons. The van der Waals surface area contributed by atoms with Crippen LogP contribution in [0.25, 0.3) is 0 Å². The Morgan fingerprint density at radius 2 is 2.36 bits per heavy atom. The second-order valence-corrected chi connectivity index (χ2v) is 2.44. The van der Waals surface area contributed by atoms with Crippen molar-refractivity contribution in [3.05, 3.63) is 11.4 Å². The van der Waals surface area contributed by atoms with Crippen LogP contribution < -0.4 is 10.6 Å². The predicted octanol–water partition coefficient (Wildman–Crippen LogP) is 0.233. The van der Waals surface area contributed by atoms with Crippen molar-refractivity contribution in [2.75, 3.05) is 6.67 Å². The molecular weight excluding hydrogens is 144 g/mol. The maximum atomic E-state index is 10.5. The Kier molecular flexibility index (Phi) is 2.36. The Bertz CT molecular complexity index is 199. The van der Waals surface area contributed by atoms with Crippen molar-refractivity contribution in [3.63, 3.8) is 0 Å². The van der Waals surface area contributed by atoms with E-state index in [-0.39, 0.29) is 0 Å². The van der Waals surface area contributed by atoms with E-state index in [9.17, 15) is 4.79 Å². The number of carboxylic acids is 1. The molecule has 0 saturated carbocycles. The smallest absolute Gasteiger partial charge is 0.353 e. The van der Waals surface area contributed by atoms with Crippen molar-refractivity contribution < 1.29 is 9.90 Å². The highest BCUT2D eigenvalue weighted by Gasteiger charge is 2.17. The summed E-state index contributed by atoms with van der Waals surface area (Å²) in [5.41, 5.74) is 1.15. The molecule has 1 rings (SSSR count). The van der Waals surface area contributed by atoms with Crippen LogP contribution in [0, 0.1) is 0 Å². The molecule has 0 aromatic carbocycles. The number of carboxylic acid groups (broad SMARTS) is 1. The summed E-state index contributed by atoms with van der Waals surface area (Å²) in [6, 6.07) is 0. The molecule has 11 heavy (non-hydrogen) atoms. The van der Waals surface area contributed by atoms with Crippen molar-refractivity contribution in [2.45, 2.75) is 19.8 Å². The van der Waals surface area contributed by atoms with Crippen LogP contribution in [0.2, 0.25) is 0 Å². The second-order valence-electron chi connectivity index (χ2n) is 2.44. The number of allylic oxidation sites excluding steroid dienone is 1.